The van der Waals surface area contributed by atoms with Crippen molar-refractivity contribution in [1.82, 2.24) is 9.47 Å². The molecule has 0 saturated heterocycles. The molecular formula is C15H22N2O3. The number of rotatable bonds is 2. The maximum Gasteiger partial charge on any atom is 0.414 e. The number of hydrogen-bond donors (Lipinski definition) is 0. The van der Waals surface area contributed by atoms with Crippen LogP contribution in [0, 0.1) is 6.92 Å². The van der Waals surface area contributed by atoms with Gasteiger partial charge in [-0.2, -0.15) is 0 Å². The smallest absolute Gasteiger partial charge is 0.410 e. The molecule has 1 aromatic heterocycles. The van der Waals surface area contributed by atoms with Gasteiger partial charge in [0, 0.05) is 38.0 Å². The van der Waals surface area contributed by atoms with E-state index in [1.54, 1.807) is 20.2 Å². The van der Waals surface area contributed by atoms with Gasteiger partial charge in [0.1, 0.15) is 5.75 Å². The molecule has 110 valence electrons. The van der Waals surface area contributed by atoms with Crippen molar-refractivity contribution >= 4 is 6.09 Å². The highest BCUT2D eigenvalue weighted by atomic mass is 16.6. The normalized spacial score (nSPS) is 15.9. The molecule has 0 atom stereocenters. The average molecular weight is 278 g/mol. The maximum absolute atomic E-state index is 12.3. The zero-order valence-electron chi connectivity index (χ0n) is 12.4. The number of nitrogens with zero attached hydrogens (tertiary/aromatic N) is 2. The van der Waals surface area contributed by atoms with E-state index in [-0.39, 0.29) is 11.6 Å². The first-order valence-electron chi connectivity index (χ1n) is 7.11. The largest absolute Gasteiger partial charge is 0.414 e. The SMILES string of the molecule is Cc1cc(OC(=O)N(C)C)cc(=O)n1C1CCCCC1. The van der Waals surface area contributed by atoms with Gasteiger partial charge >= 0.3 is 6.09 Å². The van der Waals surface area contributed by atoms with Crippen LogP contribution in [0.3, 0.4) is 0 Å². The number of ether oxygens (including phenoxy) is 1. The van der Waals surface area contributed by atoms with Crippen LogP contribution < -0.4 is 10.3 Å². The van der Waals surface area contributed by atoms with E-state index in [4.69, 9.17) is 4.74 Å². The zero-order chi connectivity index (χ0) is 14.7. The first kappa shape index (κ1) is 14.6. The number of aryl methyl sites for hydroxylation is 1. The van der Waals surface area contributed by atoms with Gasteiger partial charge in [-0.15, -0.1) is 0 Å². The van der Waals surface area contributed by atoms with E-state index < -0.39 is 6.09 Å². The molecule has 1 amide bonds. The van der Waals surface area contributed by atoms with Crippen molar-refractivity contribution in [3.05, 3.63) is 28.2 Å². The lowest BCUT2D eigenvalue weighted by Gasteiger charge is -2.26. The van der Waals surface area contributed by atoms with Gasteiger partial charge in [0.25, 0.3) is 5.56 Å². The molecule has 0 radical (unpaired) electrons. The minimum absolute atomic E-state index is 0.0848. The molecule has 1 saturated carbocycles. The summed E-state index contributed by atoms with van der Waals surface area (Å²) in [7, 11) is 3.22. The lowest BCUT2D eigenvalue weighted by Crippen LogP contribution is -2.29. The van der Waals surface area contributed by atoms with Gasteiger partial charge < -0.3 is 14.2 Å². The van der Waals surface area contributed by atoms with E-state index in [2.05, 4.69) is 0 Å². The summed E-state index contributed by atoms with van der Waals surface area (Å²) in [6.07, 6.45) is 5.24. The molecule has 0 unspecified atom stereocenters. The number of aromatic nitrogens is 1. The molecule has 1 fully saturated rings. The summed E-state index contributed by atoms with van der Waals surface area (Å²) in [6.45, 7) is 1.89. The lowest BCUT2D eigenvalue weighted by molar-refractivity contribution is 0.171. The van der Waals surface area contributed by atoms with Crippen molar-refractivity contribution in [1.29, 1.82) is 0 Å². The number of hydrogen-bond acceptors (Lipinski definition) is 3. The molecule has 5 heteroatoms. The fraction of sp³-hybridized carbons (Fsp3) is 0.600. The van der Waals surface area contributed by atoms with Crippen LogP contribution in [-0.2, 0) is 0 Å². The third-order valence-corrected chi connectivity index (χ3v) is 3.74. The Labute approximate surface area is 119 Å². The highest BCUT2D eigenvalue weighted by Crippen LogP contribution is 2.28. The Bertz CT molecular complexity index is 543. The first-order chi connectivity index (χ1) is 9.49. The van der Waals surface area contributed by atoms with Gasteiger partial charge in [0.05, 0.1) is 0 Å². The fourth-order valence-electron chi connectivity index (χ4n) is 2.74. The van der Waals surface area contributed by atoms with E-state index in [9.17, 15) is 9.59 Å². The summed E-state index contributed by atoms with van der Waals surface area (Å²) in [6, 6.07) is 3.45. The summed E-state index contributed by atoms with van der Waals surface area (Å²) in [5, 5.41) is 0. The van der Waals surface area contributed by atoms with Gasteiger partial charge in [0.15, 0.2) is 0 Å². The van der Waals surface area contributed by atoms with Crippen LogP contribution >= 0.6 is 0 Å². The Morgan fingerprint density at radius 1 is 1.25 bits per heavy atom. The molecule has 1 aromatic rings. The number of pyridine rings is 1. The van der Waals surface area contributed by atoms with E-state index >= 15 is 0 Å². The van der Waals surface area contributed by atoms with E-state index in [1.165, 1.54) is 30.2 Å². The molecule has 1 heterocycles. The highest BCUT2D eigenvalue weighted by Gasteiger charge is 2.19. The Balaban J connectivity index is 2.24. The molecule has 1 aliphatic carbocycles. The Hall–Kier alpha value is -1.78. The lowest BCUT2D eigenvalue weighted by atomic mass is 9.95. The number of carbonyl (C=O) groups excluding carboxylic acids is 1. The molecule has 0 bridgehead atoms. The maximum atomic E-state index is 12.3. The van der Waals surface area contributed by atoms with Crippen LogP contribution in [0.1, 0.15) is 43.8 Å². The Morgan fingerprint density at radius 2 is 1.90 bits per heavy atom. The predicted octanol–water partition coefficient (Wildman–Crippen LogP) is 2.72. The Kier molecular flexibility index (Phi) is 4.47. The van der Waals surface area contributed by atoms with Crippen LogP contribution in [0.25, 0.3) is 0 Å². The average Bonchev–Trinajstić information content (AvgIpc) is 2.39. The monoisotopic (exact) mass is 278 g/mol. The van der Waals surface area contributed by atoms with Crippen LogP contribution in [-0.4, -0.2) is 29.7 Å². The first-order valence-corrected chi connectivity index (χ1v) is 7.11. The van der Waals surface area contributed by atoms with Gasteiger partial charge in [0.2, 0.25) is 0 Å². The fourth-order valence-corrected chi connectivity index (χ4v) is 2.74. The molecular weight excluding hydrogens is 256 g/mol. The van der Waals surface area contributed by atoms with Gasteiger partial charge in [-0.25, -0.2) is 4.79 Å². The van der Waals surface area contributed by atoms with Crippen molar-refractivity contribution in [2.45, 2.75) is 45.1 Å². The van der Waals surface area contributed by atoms with Gasteiger partial charge in [-0.05, 0) is 19.8 Å². The van der Waals surface area contributed by atoms with Crippen molar-refractivity contribution in [2.75, 3.05) is 14.1 Å². The van der Waals surface area contributed by atoms with Crippen molar-refractivity contribution in [2.24, 2.45) is 0 Å². The third kappa shape index (κ3) is 3.21. The standard InChI is InChI=1S/C15H22N2O3/c1-11-9-13(20-15(19)16(2)3)10-14(18)17(11)12-7-5-4-6-8-12/h9-10,12H,4-8H2,1-3H3. The summed E-state index contributed by atoms with van der Waals surface area (Å²) >= 11 is 0. The Morgan fingerprint density at radius 3 is 2.45 bits per heavy atom. The van der Waals surface area contributed by atoms with Gasteiger partial charge in [-0.3, -0.25) is 4.79 Å². The van der Waals surface area contributed by atoms with Crippen LogP contribution in [0.15, 0.2) is 16.9 Å². The molecule has 2 rings (SSSR count). The minimum Gasteiger partial charge on any atom is -0.410 e. The van der Waals surface area contributed by atoms with Crippen molar-refractivity contribution < 1.29 is 9.53 Å². The second kappa shape index (κ2) is 6.11. The summed E-state index contributed by atoms with van der Waals surface area (Å²) in [4.78, 5) is 25.1. The van der Waals surface area contributed by atoms with Crippen LogP contribution in [0.2, 0.25) is 0 Å². The molecule has 5 nitrogen and oxygen atoms in total. The van der Waals surface area contributed by atoms with Crippen LogP contribution in [0.4, 0.5) is 4.79 Å². The van der Waals surface area contributed by atoms with Gasteiger partial charge in [-0.1, -0.05) is 19.3 Å². The zero-order valence-corrected chi connectivity index (χ0v) is 12.4. The van der Waals surface area contributed by atoms with E-state index in [0.29, 0.717) is 5.75 Å². The minimum atomic E-state index is -0.473. The summed E-state index contributed by atoms with van der Waals surface area (Å²) in [5.41, 5.74) is 0.768. The second-order valence-corrected chi connectivity index (χ2v) is 5.59. The second-order valence-electron chi connectivity index (χ2n) is 5.59. The third-order valence-electron chi connectivity index (χ3n) is 3.74. The van der Waals surface area contributed by atoms with Crippen molar-refractivity contribution in [3.8, 4) is 5.75 Å². The molecule has 1 aliphatic rings. The van der Waals surface area contributed by atoms with E-state index in [1.807, 2.05) is 11.5 Å². The van der Waals surface area contributed by atoms with Crippen molar-refractivity contribution in [3.63, 3.8) is 0 Å². The topological polar surface area (TPSA) is 51.5 Å². The molecule has 0 N–H and O–H groups in total. The van der Waals surface area contributed by atoms with E-state index in [0.717, 1.165) is 18.5 Å². The predicted molar refractivity (Wildman–Crippen MR) is 77.3 cm³/mol. The molecule has 0 aromatic carbocycles. The highest BCUT2D eigenvalue weighted by molar-refractivity contribution is 5.69. The quantitative estimate of drug-likeness (QED) is 0.835. The van der Waals surface area contributed by atoms with Crippen LogP contribution in [0.5, 0.6) is 5.75 Å². The molecule has 0 spiro atoms. The molecule has 20 heavy (non-hydrogen) atoms. The molecule has 0 aliphatic heterocycles. The summed E-state index contributed by atoms with van der Waals surface area (Å²) in [5.74, 6) is 0.318. The number of carbonyl (C=O) groups is 1. The number of amides is 1. The summed E-state index contributed by atoms with van der Waals surface area (Å²) < 4.78 is 6.99.